The van der Waals surface area contributed by atoms with E-state index < -0.39 is 10.0 Å². The molecule has 0 bridgehead atoms. The molecule has 2 heterocycles. The molecule has 0 N–H and O–H groups in total. The first-order chi connectivity index (χ1) is 15.4. The van der Waals surface area contributed by atoms with Crippen LogP contribution in [-0.2, 0) is 21.3 Å². The smallest absolute Gasteiger partial charge is 0.243 e. The largest absolute Gasteiger partial charge is 0.373 e. The molecule has 3 aromatic rings. The van der Waals surface area contributed by atoms with E-state index in [4.69, 9.17) is 9.73 Å². The van der Waals surface area contributed by atoms with Gasteiger partial charge in [0.2, 0.25) is 10.0 Å². The lowest BCUT2D eigenvalue weighted by atomic mass is 10.2. The average Bonchev–Trinajstić information content (AvgIpc) is 3.16. The van der Waals surface area contributed by atoms with E-state index in [1.54, 1.807) is 23.5 Å². The zero-order chi connectivity index (χ0) is 22.7. The first-order valence-corrected chi connectivity index (χ1v) is 13.2. The Morgan fingerprint density at radius 1 is 1.06 bits per heavy atom. The number of hydrogen-bond acceptors (Lipinski definition) is 5. The normalized spacial score (nSPS) is 20.5. The molecule has 0 radical (unpaired) electrons. The Morgan fingerprint density at radius 2 is 1.78 bits per heavy atom. The minimum Gasteiger partial charge on any atom is -0.373 e. The van der Waals surface area contributed by atoms with Crippen LogP contribution in [0.15, 0.2) is 69.9 Å². The third-order valence-corrected chi connectivity index (χ3v) is 8.07. The molecule has 6 nitrogen and oxygen atoms in total. The van der Waals surface area contributed by atoms with Crippen LogP contribution in [0.5, 0.6) is 0 Å². The van der Waals surface area contributed by atoms with Gasteiger partial charge in [-0.25, -0.2) is 13.4 Å². The van der Waals surface area contributed by atoms with Crippen molar-refractivity contribution in [1.29, 1.82) is 0 Å². The zero-order valence-corrected chi connectivity index (χ0v) is 20.3. The molecule has 1 saturated heterocycles. The van der Waals surface area contributed by atoms with Crippen molar-refractivity contribution < 1.29 is 13.2 Å². The van der Waals surface area contributed by atoms with Crippen LogP contribution in [0, 0.1) is 0 Å². The van der Waals surface area contributed by atoms with E-state index >= 15 is 0 Å². The summed E-state index contributed by atoms with van der Waals surface area (Å²) in [4.78, 5) is 6.02. The van der Waals surface area contributed by atoms with Gasteiger partial charge in [-0.15, -0.1) is 11.3 Å². The molecular weight excluding hydrogens is 442 g/mol. The topological polar surface area (TPSA) is 63.9 Å². The van der Waals surface area contributed by atoms with Crippen LogP contribution in [0.4, 0.5) is 5.69 Å². The molecular formula is C24H29N3O3S2. The van der Waals surface area contributed by atoms with Gasteiger partial charge in [0.15, 0.2) is 4.80 Å². The van der Waals surface area contributed by atoms with E-state index in [0.717, 1.165) is 34.7 Å². The van der Waals surface area contributed by atoms with E-state index in [1.165, 1.54) is 4.31 Å². The van der Waals surface area contributed by atoms with E-state index in [1.807, 2.05) is 56.3 Å². The zero-order valence-electron chi connectivity index (χ0n) is 18.6. The first-order valence-electron chi connectivity index (χ1n) is 10.9. The number of ether oxygens (including phenoxy) is 1. The summed E-state index contributed by atoms with van der Waals surface area (Å²) in [7, 11) is -3.60. The fourth-order valence-electron chi connectivity index (χ4n) is 3.99. The number of rotatable bonds is 6. The summed E-state index contributed by atoms with van der Waals surface area (Å²) in [5.74, 6) is 0. The van der Waals surface area contributed by atoms with Crippen molar-refractivity contribution in [3.8, 4) is 11.3 Å². The summed E-state index contributed by atoms with van der Waals surface area (Å²) in [5, 5.41) is 2.06. The summed E-state index contributed by atoms with van der Waals surface area (Å²) >= 11 is 1.57. The molecule has 1 fully saturated rings. The maximum Gasteiger partial charge on any atom is 0.243 e. The van der Waals surface area contributed by atoms with Crippen LogP contribution in [0.2, 0.25) is 0 Å². The number of para-hydroxylation sites is 1. The molecule has 1 aliphatic rings. The number of nitrogens with zero attached hydrogens (tertiary/aromatic N) is 3. The van der Waals surface area contributed by atoms with Gasteiger partial charge in [-0.2, -0.15) is 4.31 Å². The van der Waals surface area contributed by atoms with Crippen LogP contribution < -0.4 is 4.80 Å². The molecule has 2 aromatic carbocycles. The minimum atomic E-state index is -3.60. The standard InChI is InChI=1S/C24H29N3O3S2/c1-4-13-27-23(17-31-24(27)25-21-10-6-5-7-11-21)20-9-8-12-22(14-20)32(28,29)26-15-18(2)30-19(3)16-26/h5-12,14,17-19H,4,13,15-16H2,1-3H3. The predicted molar refractivity (Wildman–Crippen MR) is 128 cm³/mol. The Hall–Kier alpha value is -2.26. The van der Waals surface area contributed by atoms with Crippen LogP contribution in [0.3, 0.4) is 0 Å². The molecule has 1 aliphatic heterocycles. The SMILES string of the molecule is CCCn1c(-c2cccc(S(=O)(=O)N3CC(C)OC(C)C3)c2)csc1=Nc1ccccc1. The Bertz CT molecular complexity index is 1220. The number of aromatic nitrogens is 1. The fraction of sp³-hybridized carbons (Fsp3) is 0.375. The lowest BCUT2D eigenvalue weighted by molar-refractivity contribution is -0.0440. The van der Waals surface area contributed by atoms with Crippen LogP contribution in [0.25, 0.3) is 11.3 Å². The highest BCUT2D eigenvalue weighted by molar-refractivity contribution is 7.89. The lowest BCUT2D eigenvalue weighted by Crippen LogP contribution is -2.48. The molecule has 2 atom stereocenters. The van der Waals surface area contributed by atoms with Gasteiger partial charge in [0.1, 0.15) is 0 Å². The molecule has 32 heavy (non-hydrogen) atoms. The van der Waals surface area contributed by atoms with Gasteiger partial charge in [-0.3, -0.25) is 0 Å². The van der Waals surface area contributed by atoms with E-state index in [2.05, 4.69) is 16.9 Å². The second kappa shape index (κ2) is 9.70. The van der Waals surface area contributed by atoms with E-state index in [-0.39, 0.29) is 12.2 Å². The molecule has 0 aliphatic carbocycles. The van der Waals surface area contributed by atoms with Gasteiger partial charge in [-0.05, 0) is 44.5 Å². The van der Waals surface area contributed by atoms with E-state index in [0.29, 0.717) is 18.0 Å². The van der Waals surface area contributed by atoms with Gasteiger partial charge in [-0.1, -0.05) is 37.3 Å². The van der Waals surface area contributed by atoms with Crippen LogP contribution in [0.1, 0.15) is 27.2 Å². The quantitative estimate of drug-likeness (QED) is 0.525. The summed E-state index contributed by atoms with van der Waals surface area (Å²) in [5.41, 5.74) is 2.75. The molecule has 4 rings (SSSR count). The van der Waals surface area contributed by atoms with Crippen LogP contribution in [-0.4, -0.2) is 42.6 Å². The predicted octanol–water partition coefficient (Wildman–Crippen LogP) is 4.66. The van der Waals surface area contributed by atoms with Crippen molar-refractivity contribution in [2.75, 3.05) is 13.1 Å². The third kappa shape index (κ3) is 4.88. The van der Waals surface area contributed by atoms with Gasteiger partial charge in [0.25, 0.3) is 0 Å². The maximum absolute atomic E-state index is 13.4. The van der Waals surface area contributed by atoms with Crippen LogP contribution >= 0.6 is 11.3 Å². The summed E-state index contributed by atoms with van der Waals surface area (Å²) in [6.45, 7) is 7.48. The molecule has 8 heteroatoms. The Balaban J connectivity index is 1.73. The molecule has 1 aromatic heterocycles. The highest BCUT2D eigenvalue weighted by Crippen LogP contribution is 2.27. The van der Waals surface area contributed by atoms with Crippen molar-refractivity contribution in [1.82, 2.24) is 8.87 Å². The summed E-state index contributed by atoms with van der Waals surface area (Å²) < 4.78 is 36.2. The van der Waals surface area contributed by atoms with Crippen molar-refractivity contribution >= 4 is 27.0 Å². The fourth-order valence-corrected chi connectivity index (χ4v) is 6.59. The number of hydrogen-bond donors (Lipinski definition) is 0. The number of sulfonamides is 1. The number of benzene rings is 2. The van der Waals surface area contributed by atoms with Crippen molar-refractivity contribution in [3.63, 3.8) is 0 Å². The number of thiazole rings is 1. The second-order valence-corrected chi connectivity index (χ2v) is 10.9. The van der Waals surface area contributed by atoms with Crippen molar-refractivity contribution in [2.24, 2.45) is 4.99 Å². The second-order valence-electron chi connectivity index (χ2n) is 8.11. The first kappa shape index (κ1) is 22.9. The third-order valence-electron chi connectivity index (χ3n) is 5.38. The Kier molecular flexibility index (Phi) is 6.95. The Labute approximate surface area is 193 Å². The van der Waals surface area contributed by atoms with Gasteiger partial charge >= 0.3 is 0 Å². The summed E-state index contributed by atoms with van der Waals surface area (Å²) in [6, 6.07) is 17.1. The average molecular weight is 472 g/mol. The molecule has 0 saturated carbocycles. The Morgan fingerprint density at radius 3 is 2.47 bits per heavy atom. The molecule has 170 valence electrons. The van der Waals surface area contributed by atoms with E-state index in [9.17, 15) is 8.42 Å². The minimum absolute atomic E-state index is 0.123. The molecule has 2 unspecified atom stereocenters. The van der Waals surface area contributed by atoms with Crippen molar-refractivity contribution in [3.05, 3.63) is 64.8 Å². The van der Waals surface area contributed by atoms with Gasteiger partial charge in [0, 0.05) is 30.6 Å². The lowest BCUT2D eigenvalue weighted by Gasteiger charge is -2.34. The van der Waals surface area contributed by atoms with Gasteiger partial charge in [0.05, 0.1) is 28.5 Å². The highest BCUT2D eigenvalue weighted by Gasteiger charge is 2.32. The highest BCUT2D eigenvalue weighted by atomic mass is 32.2. The molecule has 0 amide bonds. The summed E-state index contributed by atoms with van der Waals surface area (Å²) in [6.07, 6.45) is 0.706. The monoisotopic (exact) mass is 471 g/mol. The number of morpholine rings is 1. The molecule has 0 spiro atoms. The van der Waals surface area contributed by atoms with Crippen molar-refractivity contribution in [2.45, 2.75) is 50.8 Å². The maximum atomic E-state index is 13.4. The van der Waals surface area contributed by atoms with Gasteiger partial charge < -0.3 is 9.30 Å².